The third-order valence-electron chi connectivity index (χ3n) is 3.28. The number of aromatic nitrogens is 2. The Bertz CT molecular complexity index is 756. The molecule has 1 aromatic heterocycles. The van der Waals surface area contributed by atoms with Crippen molar-refractivity contribution in [2.24, 2.45) is 0 Å². The van der Waals surface area contributed by atoms with Gasteiger partial charge in [0.2, 0.25) is 10.0 Å². The van der Waals surface area contributed by atoms with Gasteiger partial charge in [0.1, 0.15) is 0 Å². The molecule has 6 nitrogen and oxygen atoms in total. The number of sulfonamides is 1. The molecule has 0 bridgehead atoms. The average molecular weight is 330 g/mol. The van der Waals surface area contributed by atoms with Crippen LogP contribution in [0, 0.1) is 13.8 Å². The van der Waals surface area contributed by atoms with Gasteiger partial charge < -0.3 is 5.11 Å². The van der Waals surface area contributed by atoms with Gasteiger partial charge >= 0.3 is 0 Å². The lowest BCUT2D eigenvalue weighted by atomic mass is 10.1. The summed E-state index contributed by atoms with van der Waals surface area (Å²) in [5, 5.41) is 16.1. The molecule has 0 unspecified atom stereocenters. The molecule has 0 aliphatic rings. The Morgan fingerprint density at radius 3 is 2.62 bits per heavy atom. The van der Waals surface area contributed by atoms with Gasteiger partial charge in [-0.1, -0.05) is 11.6 Å². The number of halogens is 1. The van der Waals surface area contributed by atoms with Crippen LogP contribution in [0.3, 0.4) is 0 Å². The van der Waals surface area contributed by atoms with Crippen molar-refractivity contribution < 1.29 is 13.5 Å². The average Bonchev–Trinajstić information content (AvgIpc) is 2.84. The molecule has 0 saturated carbocycles. The van der Waals surface area contributed by atoms with E-state index in [1.807, 2.05) is 6.92 Å². The molecule has 0 radical (unpaired) electrons. The fourth-order valence-electron chi connectivity index (χ4n) is 1.96. The number of benzene rings is 1. The molecule has 2 aromatic rings. The minimum absolute atomic E-state index is 0.0696. The lowest BCUT2D eigenvalue weighted by molar-refractivity contribution is 0.280. The molecule has 1 heterocycles. The summed E-state index contributed by atoms with van der Waals surface area (Å²) in [5.74, 6) is 0. The van der Waals surface area contributed by atoms with Crippen LogP contribution in [0.25, 0.3) is 0 Å². The van der Waals surface area contributed by atoms with Crippen LogP contribution in [0.15, 0.2) is 23.2 Å². The van der Waals surface area contributed by atoms with Gasteiger partial charge in [-0.25, -0.2) is 13.1 Å². The zero-order chi connectivity index (χ0) is 15.6. The van der Waals surface area contributed by atoms with Crippen molar-refractivity contribution >= 4 is 21.6 Å². The minimum atomic E-state index is -3.73. The second kappa shape index (κ2) is 6.15. The van der Waals surface area contributed by atoms with E-state index in [-0.39, 0.29) is 23.1 Å². The van der Waals surface area contributed by atoms with Crippen LogP contribution in [0.2, 0.25) is 5.02 Å². The summed E-state index contributed by atoms with van der Waals surface area (Å²) >= 11 is 5.91. The van der Waals surface area contributed by atoms with Gasteiger partial charge in [-0.05, 0) is 37.1 Å². The fourth-order valence-corrected chi connectivity index (χ4v) is 3.58. The Hall–Kier alpha value is -1.41. The summed E-state index contributed by atoms with van der Waals surface area (Å²) in [4.78, 5) is 0.0696. The van der Waals surface area contributed by atoms with Crippen LogP contribution < -0.4 is 4.72 Å². The second-order valence-corrected chi connectivity index (χ2v) is 6.86. The van der Waals surface area contributed by atoms with Gasteiger partial charge in [-0.15, -0.1) is 0 Å². The molecule has 0 aliphatic carbocycles. The van der Waals surface area contributed by atoms with Crippen LogP contribution in [-0.2, 0) is 23.2 Å². The van der Waals surface area contributed by atoms with Crippen molar-refractivity contribution in [3.8, 4) is 0 Å². The van der Waals surface area contributed by atoms with Crippen LogP contribution in [0.5, 0.6) is 0 Å². The largest absolute Gasteiger partial charge is 0.392 e. The van der Waals surface area contributed by atoms with Gasteiger partial charge in [-0.2, -0.15) is 5.10 Å². The number of hydrogen-bond donors (Lipinski definition) is 3. The molecule has 1 aromatic carbocycles. The molecular weight excluding hydrogens is 314 g/mol. The van der Waals surface area contributed by atoms with E-state index in [4.69, 9.17) is 11.6 Å². The highest BCUT2D eigenvalue weighted by Gasteiger charge is 2.20. The maximum atomic E-state index is 12.4. The molecule has 0 saturated heterocycles. The zero-order valence-electron chi connectivity index (χ0n) is 11.6. The number of rotatable bonds is 5. The van der Waals surface area contributed by atoms with E-state index >= 15 is 0 Å². The van der Waals surface area contributed by atoms with Gasteiger partial charge in [-0.3, -0.25) is 5.10 Å². The molecule has 3 N–H and O–H groups in total. The van der Waals surface area contributed by atoms with E-state index in [1.54, 1.807) is 19.2 Å². The third kappa shape index (κ3) is 3.44. The molecule has 114 valence electrons. The SMILES string of the molecule is Cc1[nH]ncc1CNS(=O)(=O)c1cc(Cl)cc(CO)c1C. The molecule has 21 heavy (non-hydrogen) atoms. The van der Waals surface area contributed by atoms with Gasteiger partial charge in [0.05, 0.1) is 17.7 Å². The van der Waals surface area contributed by atoms with Crippen molar-refractivity contribution in [3.63, 3.8) is 0 Å². The first-order valence-corrected chi connectivity index (χ1v) is 8.09. The first kappa shape index (κ1) is 16.0. The molecule has 0 fully saturated rings. The summed E-state index contributed by atoms with van der Waals surface area (Å²) in [6, 6.07) is 2.93. The Balaban J connectivity index is 2.32. The molecular formula is C13H16ClN3O3S. The standard InChI is InChI=1S/C13H16ClN3O3S/c1-8-10(7-18)3-12(14)4-13(8)21(19,20)16-6-11-5-15-17-9(11)2/h3-5,16,18H,6-7H2,1-2H3,(H,15,17). The number of hydrogen-bond acceptors (Lipinski definition) is 4. The topological polar surface area (TPSA) is 95.1 Å². The van der Waals surface area contributed by atoms with E-state index in [0.717, 1.165) is 11.3 Å². The summed E-state index contributed by atoms with van der Waals surface area (Å²) in [5.41, 5.74) is 2.54. The van der Waals surface area contributed by atoms with Gasteiger partial charge in [0.25, 0.3) is 0 Å². The number of aromatic amines is 1. The smallest absolute Gasteiger partial charge is 0.241 e. The van der Waals surface area contributed by atoms with Crippen molar-refractivity contribution in [2.45, 2.75) is 31.9 Å². The quantitative estimate of drug-likeness (QED) is 0.777. The number of aliphatic hydroxyl groups excluding tert-OH is 1. The first-order valence-electron chi connectivity index (χ1n) is 6.23. The molecule has 0 atom stereocenters. The minimum Gasteiger partial charge on any atom is -0.392 e. The summed E-state index contributed by atoms with van der Waals surface area (Å²) < 4.78 is 27.3. The normalized spacial score (nSPS) is 11.8. The third-order valence-corrected chi connectivity index (χ3v) is 5.02. The van der Waals surface area contributed by atoms with E-state index in [9.17, 15) is 13.5 Å². The van der Waals surface area contributed by atoms with Gasteiger partial charge in [0, 0.05) is 22.8 Å². The predicted molar refractivity (Wildman–Crippen MR) is 79.5 cm³/mol. The first-order chi connectivity index (χ1) is 9.85. The van der Waals surface area contributed by atoms with E-state index in [1.165, 1.54) is 6.07 Å². The van der Waals surface area contributed by atoms with E-state index < -0.39 is 10.0 Å². The highest BCUT2D eigenvalue weighted by molar-refractivity contribution is 7.89. The molecule has 0 amide bonds. The number of H-pyrrole nitrogens is 1. The summed E-state index contributed by atoms with van der Waals surface area (Å²) in [7, 11) is -3.73. The summed E-state index contributed by atoms with van der Waals surface area (Å²) in [6.07, 6.45) is 1.57. The predicted octanol–water partition coefficient (Wildman–Crippen LogP) is 1.65. The number of aryl methyl sites for hydroxylation is 1. The van der Waals surface area contributed by atoms with Crippen molar-refractivity contribution in [2.75, 3.05) is 0 Å². The molecule has 0 aliphatic heterocycles. The van der Waals surface area contributed by atoms with E-state index in [2.05, 4.69) is 14.9 Å². The molecule has 2 rings (SSSR count). The highest BCUT2D eigenvalue weighted by Crippen LogP contribution is 2.24. The second-order valence-electron chi connectivity index (χ2n) is 4.69. The number of nitrogens with zero attached hydrogens (tertiary/aromatic N) is 1. The van der Waals surface area contributed by atoms with E-state index in [0.29, 0.717) is 11.1 Å². The number of aliphatic hydroxyl groups is 1. The van der Waals surface area contributed by atoms with Crippen molar-refractivity contribution in [3.05, 3.63) is 45.7 Å². The maximum absolute atomic E-state index is 12.4. The number of nitrogens with one attached hydrogen (secondary N) is 2. The Morgan fingerprint density at radius 1 is 1.33 bits per heavy atom. The monoisotopic (exact) mass is 329 g/mol. The summed E-state index contributed by atoms with van der Waals surface area (Å²) in [6.45, 7) is 3.31. The Morgan fingerprint density at radius 2 is 2.05 bits per heavy atom. The Labute approximate surface area is 128 Å². The van der Waals surface area contributed by atoms with Crippen LogP contribution in [0.4, 0.5) is 0 Å². The lowest BCUT2D eigenvalue weighted by Crippen LogP contribution is -2.24. The fraction of sp³-hybridized carbons (Fsp3) is 0.308. The zero-order valence-corrected chi connectivity index (χ0v) is 13.2. The van der Waals surface area contributed by atoms with Crippen LogP contribution in [-0.4, -0.2) is 23.7 Å². The maximum Gasteiger partial charge on any atom is 0.241 e. The van der Waals surface area contributed by atoms with Crippen LogP contribution >= 0.6 is 11.6 Å². The molecule has 0 spiro atoms. The van der Waals surface area contributed by atoms with Gasteiger partial charge in [0.15, 0.2) is 0 Å². The highest BCUT2D eigenvalue weighted by atomic mass is 35.5. The van der Waals surface area contributed by atoms with Crippen molar-refractivity contribution in [1.29, 1.82) is 0 Å². The lowest BCUT2D eigenvalue weighted by Gasteiger charge is -2.12. The Kier molecular flexibility index (Phi) is 4.67. The van der Waals surface area contributed by atoms with Crippen molar-refractivity contribution in [1.82, 2.24) is 14.9 Å². The molecule has 8 heteroatoms. The van der Waals surface area contributed by atoms with Crippen LogP contribution in [0.1, 0.15) is 22.4 Å².